The molecule has 0 radical (unpaired) electrons. The van der Waals surface area contributed by atoms with Crippen molar-refractivity contribution in [2.24, 2.45) is 5.73 Å². The van der Waals surface area contributed by atoms with Gasteiger partial charge in [0.15, 0.2) is 0 Å². The molecule has 118 valence electrons. The fourth-order valence-electron chi connectivity index (χ4n) is 2.54. The second-order valence-electron chi connectivity index (χ2n) is 5.26. The van der Waals surface area contributed by atoms with E-state index in [9.17, 15) is 9.18 Å². The standard InChI is InChI=1S/C17H17FN4O/c18-13-7-5-12(6-8-13)15(21-17(23)9-19)10-22-11-20-14-3-1-2-4-16(14)22/h1-8,11,15H,9-10,19H2,(H,21,23). The Morgan fingerprint density at radius 3 is 2.70 bits per heavy atom. The molecule has 5 nitrogen and oxygen atoms in total. The summed E-state index contributed by atoms with van der Waals surface area (Å²) in [4.78, 5) is 16.1. The molecule has 3 aromatic rings. The van der Waals surface area contributed by atoms with E-state index in [2.05, 4.69) is 10.3 Å². The van der Waals surface area contributed by atoms with E-state index in [1.165, 1.54) is 12.1 Å². The van der Waals surface area contributed by atoms with Gasteiger partial charge in [-0.1, -0.05) is 24.3 Å². The first-order valence-corrected chi connectivity index (χ1v) is 7.32. The number of carbonyl (C=O) groups excluding carboxylic acids is 1. The van der Waals surface area contributed by atoms with Gasteiger partial charge in [-0.15, -0.1) is 0 Å². The van der Waals surface area contributed by atoms with Crippen LogP contribution in [0.3, 0.4) is 0 Å². The predicted octanol–water partition coefficient (Wildman–Crippen LogP) is 1.99. The van der Waals surface area contributed by atoms with Gasteiger partial charge in [0.25, 0.3) is 0 Å². The Hall–Kier alpha value is -2.73. The molecule has 6 heteroatoms. The third kappa shape index (κ3) is 3.37. The van der Waals surface area contributed by atoms with Crippen LogP contribution in [0.5, 0.6) is 0 Å². The van der Waals surface area contributed by atoms with Crippen molar-refractivity contribution in [3.8, 4) is 0 Å². The van der Waals surface area contributed by atoms with Crippen LogP contribution in [-0.2, 0) is 11.3 Å². The zero-order valence-electron chi connectivity index (χ0n) is 12.4. The summed E-state index contributed by atoms with van der Waals surface area (Å²) in [6.07, 6.45) is 1.73. The highest BCUT2D eigenvalue weighted by molar-refractivity contribution is 5.78. The number of benzene rings is 2. The molecule has 1 atom stereocenters. The number of hydrogen-bond acceptors (Lipinski definition) is 3. The van der Waals surface area contributed by atoms with Crippen molar-refractivity contribution in [3.63, 3.8) is 0 Å². The highest BCUT2D eigenvalue weighted by Gasteiger charge is 2.16. The molecular weight excluding hydrogens is 295 g/mol. The minimum atomic E-state index is -0.316. The van der Waals surface area contributed by atoms with Crippen molar-refractivity contribution < 1.29 is 9.18 Å². The largest absolute Gasteiger partial charge is 0.346 e. The predicted molar refractivity (Wildman–Crippen MR) is 86.1 cm³/mol. The Morgan fingerprint density at radius 1 is 1.22 bits per heavy atom. The maximum Gasteiger partial charge on any atom is 0.234 e. The van der Waals surface area contributed by atoms with Crippen LogP contribution >= 0.6 is 0 Å². The number of hydrogen-bond donors (Lipinski definition) is 2. The van der Waals surface area contributed by atoms with Crippen LogP contribution in [0.2, 0.25) is 0 Å². The quantitative estimate of drug-likeness (QED) is 0.757. The van der Waals surface area contributed by atoms with Crippen LogP contribution in [0.4, 0.5) is 4.39 Å². The monoisotopic (exact) mass is 312 g/mol. The molecule has 2 aromatic carbocycles. The second-order valence-corrected chi connectivity index (χ2v) is 5.26. The average Bonchev–Trinajstić information content (AvgIpc) is 2.98. The molecule has 1 heterocycles. The van der Waals surface area contributed by atoms with E-state index >= 15 is 0 Å². The molecule has 0 saturated carbocycles. The van der Waals surface area contributed by atoms with Crippen LogP contribution in [0, 0.1) is 5.82 Å². The second kappa shape index (κ2) is 6.58. The molecule has 1 amide bonds. The van der Waals surface area contributed by atoms with Gasteiger partial charge in [-0.05, 0) is 29.8 Å². The number of halogens is 1. The summed E-state index contributed by atoms with van der Waals surface area (Å²) in [5.74, 6) is -0.575. The van der Waals surface area contributed by atoms with E-state index in [4.69, 9.17) is 5.73 Å². The van der Waals surface area contributed by atoms with Gasteiger partial charge in [-0.2, -0.15) is 0 Å². The van der Waals surface area contributed by atoms with Gasteiger partial charge in [0.2, 0.25) is 5.91 Å². The molecular formula is C17H17FN4O. The number of amides is 1. The molecule has 3 rings (SSSR count). The summed E-state index contributed by atoms with van der Waals surface area (Å²) in [6.45, 7) is 0.389. The minimum absolute atomic E-state index is 0.0949. The van der Waals surface area contributed by atoms with Crippen molar-refractivity contribution in [2.75, 3.05) is 6.54 Å². The zero-order valence-corrected chi connectivity index (χ0v) is 12.4. The summed E-state index contributed by atoms with van der Waals surface area (Å²) in [5.41, 5.74) is 8.06. The zero-order chi connectivity index (χ0) is 16.2. The highest BCUT2D eigenvalue weighted by Crippen LogP contribution is 2.19. The Balaban J connectivity index is 1.91. The number of nitrogens with two attached hydrogens (primary N) is 1. The number of carbonyl (C=O) groups is 1. The van der Waals surface area contributed by atoms with Crippen LogP contribution in [-0.4, -0.2) is 22.0 Å². The third-order valence-corrected chi connectivity index (χ3v) is 3.70. The molecule has 0 aliphatic heterocycles. The lowest BCUT2D eigenvalue weighted by atomic mass is 10.1. The first kappa shape index (κ1) is 15.2. The Labute approximate surface area is 132 Å². The number of nitrogens with zero attached hydrogens (tertiary/aromatic N) is 2. The van der Waals surface area contributed by atoms with Gasteiger partial charge < -0.3 is 15.6 Å². The third-order valence-electron chi connectivity index (χ3n) is 3.70. The van der Waals surface area contributed by atoms with Crippen LogP contribution in [0.1, 0.15) is 11.6 Å². The molecule has 0 bridgehead atoms. The van der Waals surface area contributed by atoms with Gasteiger partial charge >= 0.3 is 0 Å². The Kier molecular flexibility index (Phi) is 4.34. The molecule has 0 aliphatic carbocycles. The van der Waals surface area contributed by atoms with E-state index in [0.717, 1.165) is 16.6 Å². The SMILES string of the molecule is NCC(=O)NC(Cn1cnc2ccccc21)c1ccc(F)cc1. The summed E-state index contributed by atoms with van der Waals surface area (Å²) in [6, 6.07) is 13.5. The Morgan fingerprint density at radius 2 is 1.96 bits per heavy atom. The lowest BCUT2D eigenvalue weighted by Gasteiger charge is -2.20. The number of imidazole rings is 1. The summed E-state index contributed by atoms with van der Waals surface area (Å²) < 4.78 is 15.1. The van der Waals surface area contributed by atoms with Crippen LogP contribution in [0.25, 0.3) is 11.0 Å². The maximum atomic E-state index is 13.1. The van der Waals surface area contributed by atoms with Crippen molar-refractivity contribution in [1.29, 1.82) is 0 Å². The van der Waals surface area contributed by atoms with Crippen molar-refractivity contribution in [2.45, 2.75) is 12.6 Å². The number of aromatic nitrogens is 2. The summed E-state index contributed by atoms with van der Waals surface area (Å²) in [5, 5.41) is 2.87. The Bertz CT molecular complexity index is 813. The van der Waals surface area contributed by atoms with E-state index in [0.29, 0.717) is 6.54 Å². The van der Waals surface area contributed by atoms with Gasteiger partial charge in [-0.3, -0.25) is 4.79 Å². The summed E-state index contributed by atoms with van der Waals surface area (Å²) in [7, 11) is 0. The molecule has 0 aliphatic rings. The molecule has 0 spiro atoms. The van der Waals surface area contributed by atoms with Gasteiger partial charge in [0, 0.05) is 6.54 Å². The van der Waals surface area contributed by atoms with Crippen molar-refractivity contribution in [3.05, 3.63) is 66.2 Å². The van der Waals surface area contributed by atoms with Gasteiger partial charge in [0.05, 0.1) is 29.9 Å². The maximum absolute atomic E-state index is 13.1. The first-order valence-electron chi connectivity index (χ1n) is 7.32. The molecule has 0 saturated heterocycles. The fourth-order valence-corrected chi connectivity index (χ4v) is 2.54. The van der Waals surface area contributed by atoms with E-state index in [-0.39, 0.29) is 24.3 Å². The van der Waals surface area contributed by atoms with Crippen molar-refractivity contribution in [1.82, 2.24) is 14.9 Å². The number of nitrogens with one attached hydrogen (secondary N) is 1. The first-order chi connectivity index (χ1) is 11.2. The molecule has 0 fully saturated rings. The molecule has 3 N–H and O–H groups in total. The van der Waals surface area contributed by atoms with Crippen molar-refractivity contribution >= 4 is 16.9 Å². The lowest BCUT2D eigenvalue weighted by molar-refractivity contribution is -0.120. The fraction of sp³-hybridized carbons (Fsp3) is 0.176. The normalized spacial score (nSPS) is 12.3. The number of fused-ring (bicyclic) bond motifs is 1. The van der Waals surface area contributed by atoms with E-state index in [1.54, 1.807) is 18.5 Å². The van der Waals surface area contributed by atoms with Gasteiger partial charge in [-0.25, -0.2) is 9.37 Å². The number of para-hydroxylation sites is 2. The number of rotatable bonds is 5. The van der Waals surface area contributed by atoms with E-state index in [1.807, 2.05) is 28.8 Å². The van der Waals surface area contributed by atoms with Crippen LogP contribution in [0.15, 0.2) is 54.9 Å². The lowest BCUT2D eigenvalue weighted by Crippen LogP contribution is -2.35. The molecule has 23 heavy (non-hydrogen) atoms. The highest BCUT2D eigenvalue weighted by atomic mass is 19.1. The van der Waals surface area contributed by atoms with E-state index < -0.39 is 0 Å². The molecule has 1 aromatic heterocycles. The minimum Gasteiger partial charge on any atom is -0.346 e. The summed E-state index contributed by atoms with van der Waals surface area (Å²) >= 11 is 0. The smallest absolute Gasteiger partial charge is 0.234 e. The molecule has 1 unspecified atom stereocenters. The average molecular weight is 312 g/mol. The topological polar surface area (TPSA) is 72.9 Å². The van der Waals surface area contributed by atoms with Gasteiger partial charge in [0.1, 0.15) is 5.82 Å². The van der Waals surface area contributed by atoms with Crippen LogP contribution < -0.4 is 11.1 Å².